The summed E-state index contributed by atoms with van der Waals surface area (Å²) >= 11 is 9.00. The van der Waals surface area contributed by atoms with E-state index in [2.05, 4.69) is 87.4 Å². The fraction of sp³-hybridized carbons (Fsp3) is 0.375. The van der Waals surface area contributed by atoms with E-state index in [1.807, 2.05) is 0 Å². The Morgan fingerprint density at radius 2 is 1.90 bits per heavy atom. The summed E-state index contributed by atoms with van der Waals surface area (Å²) in [4.78, 5) is 1.37. The molecule has 0 amide bonds. The number of halogens is 2. The maximum Gasteiger partial charge on any atom is 0.0843 e. The van der Waals surface area contributed by atoms with Gasteiger partial charge in [-0.05, 0) is 56.5 Å². The van der Waals surface area contributed by atoms with Gasteiger partial charge in [0.2, 0.25) is 0 Å². The molecule has 0 bridgehead atoms. The Morgan fingerprint density at radius 3 is 2.45 bits per heavy atom. The van der Waals surface area contributed by atoms with Gasteiger partial charge in [-0.2, -0.15) is 0 Å². The Balaban J connectivity index is 2.27. The molecule has 0 spiro atoms. The summed E-state index contributed by atoms with van der Waals surface area (Å²) in [6, 6.07) is 13.3. The highest BCUT2D eigenvalue weighted by Gasteiger charge is 2.22. The van der Waals surface area contributed by atoms with Gasteiger partial charge in [0.1, 0.15) is 0 Å². The fourth-order valence-corrected chi connectivity index (χ4v) is 4.56. The van der Waals surface area contributed by atoms with E-state index in [1.54, 1.807) is 11.3 Å². The minimum Gasteiger partial charge on any atom is -0.309 e. The van der Waals surface area contributed by atoms with Gasteiger partial charge < -0.3 is 5.32 Å². The van der Waals surface area contributed by atoms with Crippen LogP contribution in [0, 0.1) is 0 Å². The van der Waals surface area contributed by atoms with Crippen molar-refractivity contribution in [2.45, 2.75) is 32.2 Å². The van der Waals surface area contributed by atoms with Crippen LogP contribution in [-0.2, 0) is 0 Å². The minimum absolute atomic E-state index is 0.352. The highest BCUT2D eigenvalue weighted by Crippen LogP contribution is 2.40. The lowest BCUT2D eigenvalue weighted by Crippen LogP contribution is -2.26. The van der Waals surface area contributed by atoms with Gasteiger partial charge in [0.15, 0.2) is 0 Å². The van der Waals surface area contributed by atoms with Crippen molar-refractivity contribution < 1.29 is 0 Å². The van der Waals surface area contributed by atoms with Gasteiger partial charge in [-0.15, -0.1) is 11.3 Å². The summed E-state index contributed by atoms with van der Waals surface area (Å²) in [6.45, 7) is 5.54. The highest BCUT2D eigenvalue weighted by atomic mass is 79.9. The third kappa shape index (κ3) is 3.94. The lowest BCUT2D eigenvalue weighted by Gasteiger charge is -2.24. The number of benzene rings is 1. The first-order valence-electron chi connectivity index (χ1n) is 6.86. The van der Waals surface area contributed by atoms with E-state index in [9.17, 15) is 0 Å². The number of thiophene rings is 1. The first-order valence-corrected chi connectivity index (χ1v) is 9.26. The Labute approximate surface area is 142 Å². The molecule has 1 aromatic carbocycles. The summed E-state index contributed by atoms with van der Waals surface area (Å²) in [5.74, 6) is 0.445. The van der Waals surface area contributed by atoms with Gasteiger partial charge in [-0.3, -0.25) is 0 Å². The minimum atomic E-state index is 0.352. The predicted molar refractivity (Wildman–Crippen MR) is 95.6 cm³/mol. The topological polar surface area (TPSA) is 12.0 Å². The normalized spacial score (nSPS) is 14.2. The average Bonchev–Trinajstić information content (AvgIpc) is 2.79. The number of hydrogen-bond donors (Lipinski definition) is 1. The van der Waals surface area contributed by atoms with Gasteiger partial charge in [0, 0.05) is 21.3 Å². The van der Waals surface area contributed by atoms with Crippen LogP contribution in [0.4, 0.5) is 0 Å². The third-order valence-corrected chi connectivity index (χ3v) is 6.75. The molecular formula is C16H19Br2NS. The molecule has 2 aromatic rings. The van der Waals surface area contributed by atoms with Crippen LogP contribution in [0.2, 0.25) is 0 Å². The van der Waals surface area contributed by atoms with E-state index in [4.69, 9.17) is 0 Å². The van der Waals surface area contributed by atoms with Crippen LogP contribution in [0.5, 0.6) is 0 Å². The molecule has 20 heavy (non-hydrogen) atoms. The number of rotatable bonds is 6. The molecule has 2 rings (SSSR count). The molecule has 1 N–H and O–H groups in total. The summed E-state index contributed by atoms with van der Waals surface area (Å²) in [7, 11) is 0. The molecule has 1 nitrogen and oxygen atoms in total. The van der Waals surface area contributed by atoms with Crippen molar-refractivity contribution in [3.8, 4) is 0 Å². The monoisotopic (exact) mass is 415 g/mol. The van der Waals surface area contributed by atoms with E-state index in [-0.39, 0.29) is 0 Å². The molecule has 0 fully saturated rings. The molecule has 2 unspecified atom stereocenters. The summed E-state index contributed by atoms with van der Waals surface area (Å²) in [6.07, 6.45) is 1.14. The first-order chi connectivity index (χ1) is 9.63. The third-order valence-electron chi connectivity index (χ3n) is 3.41. The standard InChI is InChI=1S/C16H19Br2NS/c1-3-9-19-15(14-10-13(17)16(18)20-14)11(2)12-7-5-4-6-8-12/h4-8,10-11,15,19H,3,9H2,1-2H3. The van der Waals surface area contributed by atoms with Crippen LogP contribution in [0.15, 0.2) is 44.7 Å². The van der Waals surface area contributed by atoms with Crippen molar-refractivity contribution in [3.63, 3.8) is 0 Å². The Bertz CT molecular complexity index is 519. The number of nitrogens with one attached hydrogen (secondary N) is 1. The first kappa shape index (κ1) is 16.2. The second-order valence-corrected chi connectivity index (χ2v) is 8.16. The van der Waals surface area contributed by atoms with E-state index < -0.39 is 0 Å². The van der Waals surface area contributed by atoms with Crippen molar-refractivity contribution >= 4 is 43.2 Å². The van der Waals surface area contributed by atoms with E-state index in [0.29, 0.717) is 12.0 Å². The van der Waals surface area contributed by atoms with Crippen molar-refractivity contribution in [2.75, 3.05) is 6.54 Å². The quantitative estimate of drug-likeness (QED) is 0.598. The summed E-state index contributed by atoms with van der Waals surface area (Å²) in [5.41, 5.74) is 1.38. The van der Waals surface area contributed by atoms with Crippen LogP contribution in [0.1, 0.15) is 42.7 Å². The number of hydrogen-bond acceptors (Lipinski definition) is 2. The molecule has 0 aliphatic carbocycles. The van der Waals surface area contributed by atoms with Crippen LogP contribution < -0.4 is 5.32 Å². The van der Waals surface area contributed by atoms with Crippen LogP contribution >= 0.6 is 43.2 Å². The van der Waals surface area contributed by atoms with Crippen LogP contribution in [-0.4, -0.2) is 6.54 Å². The lowest BCUT2D eigenvalue weighted by atomic mass is 9.92. The predicted octanol–water partition coefficient (Wildman–Crippen LogP) is 6.12. The van der Waals surface area contributed by atoms with Gasteiger partial charge in [0.05, 0.1) is 3.79 Å². The second kappa shape index (κ2) is 7.74. The lowest BCUT2D eigenvalue weighted by molar-refractivity contribution is 0.473. The van der Waals surface area contributed by atoms with Crippen molar-refractivity contribution in [3.05, 3.63) is 55.1 Å². The molecule has 0 saturated carbocycles. The average molecular weight is 417 g/mol. The van der Waals surface area contributed by atoms with Crippen LogP contribution in [0.3, 0.4) is 0 Å². The van der Waals surface area contributed by atoms with E-state index in [0.717, 1.165) is 21.2 Å². The Hall–Kier alpha value is -0.160. The second-order valence-electron chi connectivity index (χ2n) is 4.90. The molecule has 0 saturated heterocycles. The zero-order valence-electron chi connectivity index (χ0n) is 11.7. The van der Waals surface area contributed by atoms with Gasteiger partial charge >= 0.3 is 0 Å². The highest BCUT2D eigenvalue weighted by molar-refractivity contribution is 9.13. The zero-order chi connectivity index (χ0) is 14.5. The van der Waals surface area contributed by atoms with Crippen molar-refractivity contribution in [2.24, 2.45) is 0 Å². The maximum atomic E-state index is 3.69. The van der Waals surface area contributed by atoms with Crippen LogP contribution in [0.25, 0.3) is 0 Å². The molecule has 0 aliphatic heterocycles. The molecule has 1 heterocycles. The summed E-state index contributed by atoms with van der Waals surface area (Å²) < 4.78 is 2.30. The molecular weight excluding hydrogens is 398 g/mol. The van der Waals surface area contributed by atoms with Gasteiger partial charge in [-0.1, -0.05) is 44.2 Å². The molecule has 1 aromatic heterocycles. The summed E-state index contributed by atoms with van der Waals surface area (Å²) in [5, 5.41) is 3.69. The van der Waals surface area contributed by atoms with Crippen molar-refractivity contribution in [1.82, 2.24) is 5.32 Å². The smallest absolute Gasteiger partial charge is 0.0843 e. The zero-order valence-corrected chi connectivity index (χ0v) is 15.7. The molecule has 108 valence electrons. The SMILES string of the molecule is CCCNC(c1cc(Br)c(Br)s1)C(C)c1ccccc1. The van der Waals surface area contributed by atoms with E-state index >= 15 is 0 Å². The van der Waals surface area contributed by atoms with Crippen molar-refractivity contribution in [1.29, 1.82) is 0 Å². The fourth-order valence-electron chi connectivity index (χ4n) is 2.29. The molecule has 0 aliphatic rings. The largest absolute Gasteiger partial charge is 0.309 e. The van der Waals surface area contributed by atoms with E-state index in [1.165, 1.54) is 10.4 Å². The molecule has 2 atom stereocenters. The molecule has 0 radical (unpaired) electrons. The Morgan fingerprint density at radius 1 is 1.20 bits per heavy atom. The maximum absolute atomic E-state index is 3.69. The van der Waals surface area contributed by atoms with Gasteiger partial charge in [0.25, 0.3) is 0 Å². The van der Waals surface area contributed by atoms with Gasteiger partial charge in [-0.25, -0.2) is 0 Å². The molecule has 4 heteroatoms. The Kier molecular flexibility index (Phi) is 6.27.